The highest BCUT2D eigenvalue weighted by Gasteiger charge is 2.00. The van der Waals surface area contributed by atoms with Crippen molar-refractivity contribution in [1.29, 1.82) is 0 Å². The molecular formula is C16H17NOS. The largest absolute Gasteiger partial charge is 0.292 e. The average molecular weight is 271 g/mol. The molecule has 0 N–H and O–H groups in total. The highest BCUT2D eigenvalue weighted by Crippen LogP contribution is 2.07. The molecule has 0 radical (unpaired) electrons. The Morgan fingerprint density at radius 2 is 1.74 bits per heavy atom. The summed E-state index contributed by atoms with van der Waals surface area (Å²) < 4.78 is 12.0. The van der Waals surface area contributed by atoms with Gasteiger partial charge in [0.2, 0.25) is 0 Å². The summed E-state index contributed by atoms with van der Waals surface area (Å²) >= 11 is 0. The summed E-state index contributed by atoms with van der Waals surface area (Å²) in [5, 5.41) is 0. The zero-order valence-corrected chi connectivity index (χ0v) is 11.8. The fourth-order valence-electron chi connectivity index (χ4n) is 1.66. The SMILES string of the molecule is Cc1ccc(S(=O)CC=NCc2ccccc2)cc1. The first-order valence-corrected chi connectivity index (χ1v) is 7.55. The van der Waals surface area contributed by atoms with Crippen LogP contribution >= 0.6 is 0 Å². The summed E-state index contributed by atoms with van der Waals surface area (Å²) in [5.41, 5.74) is 2.35. The van der Waals surface area contributed by atoms with Crippen LogP contribution in [-0.4, -0.2) is 16.2 Å². The highest BCUT2D eigenvalue weighted by molar-refractivity contribution is 7.85. The standard InChI is InChI=1S/C16H17NOS/c1-14-7-9-16(10-8-14)19(18)12-11-17-13-15-5-3-2-4-6-15/h2-11H,12-13H2,1H3. The fourth-order valence-corrected chi connectivity index (χ4v) is 2.53. The average Bonchev–Trinajstić information content (AvgIpc) is 2.45. The topological polar surface area (TPSA) is 29.4 Å². The molecule has 0 fully saturated rings. The van der Waals surface area contributed by atoms with Crippen LogP contribution in [0.25, 0.3) is 0 Å². The molecule has 2 rings (SSSR count). The second kappa shape index (κ2) is 7.00. The molecule has 19 heavy (non-hydrogen) atoms. The molecule has 0 saturated heterocycles. The van der Waals surface area contributed by atoms with E-state index < -0.39 is 10.8 Å². The first-order valence-electron chi connectivity index (χ1n) is 6.23. The maximum atomic E-state index is 12.0. The van der Waals surface area contributed by atoms with Crippen molar-refractivity contribution in [3.63, 3.8) is 0 Å². The van der Waals surface area contributed by atoms with Crippen molar-refractivity contribution >= 4 is 17.0 Å². The van der Waals surface area contributed by atoms with Crippen molar-refractivity contribution in [3.8, 4) is 0 Å². The van der Waals surface area contributed by atoms with Gasteiger partial charge in [-0.05, 0) is 24.6 Å². The monoisotopic (exact) mass is 271 g/mol. The Morgan fingerprint density at radius 3 is 2.42 bits per heavy atom. The van der Waals surface area contributed by atoms with Crippen molar-refractivity contribution in [2.45, 2.75) is 18.4 Å². The van der Waals surface area contributed by atoms with Gasteiger partial charge in [0.05, 0.1) is 23.1 Å². The van der Waals surface area contributed by atoms with E-state index in [1.54, 1.807) is 6.21 Å². The van der Waals surface area contributed by atoms with Crippen molar-refractivity contribution in [3.05, 3.63) is 65.7 Å². The third kappa shape index (κ3) is 4.45. The molecule has 3 heteroatoms. The van der Waals surface area contributed by atoms with E-state index in [-0.39, 0.29) is 0 Å². The van der Waals surface area contributed by atoms with Gasteiger partial charge in [-0.1, -0.05) is 48.0 Å². The van der Waals surface area contributed by atoms with Crippen molar-refractivity contribution in [1.82, 2.24) is 0 Å². The maximum Gasteiger partial charge on any atom is 0.0636 e. The van der Waals surface area contributed by atoms with Gasteiger partial charge in [0.1, 0.15) is 0 Å². The van der Waals surface area contributed by atoms with Gasteiger partial charge in [0.15, 0.2) is 0 Å². The lowest BCUT2D eigenvalue weighted by molar-refractivity contribution is 0.685. The molecule has 0 aromatic heterocycles. The van der Waals surface area contributed by atoms with E-state index in [0.717, 1.165) is 4.90 Å². The van der Waals surface area contributed by atoms with Crippen LogP contribution < -0.4 is 0 Å². The van der Waals surface area contributed by atoms with Crippen LogP contribution in [0.2, 0.25) is 0 Å². The van der Waals surface area contributed by atoms with Gasteiger partial charge in [-0.25, -0.2) is 0 Å². The molecule has 2 nitrogen and oxygen atoms in total. The number of hydrogen-bond acceptors (Lipinski definition) is 2. The van der Waals surface area contributed by atoms with E-state index in [9.17, 15) is 4.21 Å². The molecule has 2 aromatic carbocycles. The Morgan fingerprint density at radius 1 is 1.05 bits per heavy atom. The second-order valence-electron chi connectivity index (χ2n) is 4.33. The summed E-state index contributed by atoms with van der Waals surface area (Å²) in [6, 6.07) is 17.8. The third-order valence-electron chi connectivity index (χ3n) is 2.76. The van der Waals surface area contributed by atoms with Gasteiger partial charge in [0, 0.05) is 11.1 Å². The minimum atomic E-state index is -0.999. The molecule has 0 aliphatic heterocycles. The lowest BCUT2D eigenvalue weighted by atomic mass is 10.2. The molecule has 0 heterocycles. The summed E-state index contributed by atoms with van der Waals surface area (Å²) in [7, 11) is -0.999. The van der Waals surface area contributed by atoms with Gasteiger partial charge in [-0.15, -0.1) is 0 Å². The summed E-state index contributed by atoms with van der Waals surface area (Å²) in [5.74, 6) is 0.468. The number of aryl methyl sites for hydroxylation is 1. The minimum absolute atomic E-state index is 0.468. The molecule has 0 bridgehead atoms. The Labute approximate surface area is 116 Å². The Bertz CT molecular complexity index is 561. The second-order valence-corrected chi connectivity index (χ2v) is 5.83. The molecule has 1 unspecified atom stereocenters. The normalized spacial score (nSPS) is 12.7. The number of aliphatic imine (C=N–C) groups is 1. The van der Waals surface area contributed by atoms with Crippen molar-refractivity contribution < 1.29 is 4.21 Å². The van der Waals surface area contributed by atoms with E-state index in [1.165, 1.54) is 11.1 Å². The van der Waals surface area contributed by atoms with Crippen LogP contribution in [0.1, 0.15) is 11.1 Å². The van der Waals surface area contributed by atoms with Gasteiger partial charge in [-0.2, -0.15) is 0 Å². The number of benzene rings is 2. The molecule has 2 aromatic rings. The number of rotatable bonds is 5. The van der Waals surface area contributed by atoms with Gasteiger partial charge >= 0.3 is 0 Å². The summed E-state index contributed by atoms with van der Waals surface area (Å²) in [6.45, 7) is 2.67. The molecule has 98 valence electrons. The van der Waals surface area contributed by atoms with E-state index in [1.807, 2.05) is 61.5 Å². The quantitative estimate of drug-likeness (QED) is 0.767. The predicted molar refractivity (Wildman–Crippen MR) is 81.1 cm³/mol. The van der Waals surface area contributed by atoms with Crippen molar-refractivity contribution in [2.75, 3.05) is 5.75 Å². The lowest BCUT2D eigenvalue weighted by Crippen LogP contribution is -1.99. The molecule has 0 aliphatic carbocycles. The van der Waals surface area contributed by atoms with Crippen molar-refractivity contribution in [2.24, 2.45) is 4.99 Å². The highest BCUT2D eigenvalue weighted by atomic mass is 32.2. The maximum absolute atomic E-state index is 12.0. The zero-order valence-electron chi connectivity index (χ0n) is 11.0. The molecule has 0 amide bonds. The number of hydrogen-bond donors (Lipinski definition) is 0. The Balaban J connectivity index is 1.85. The molecule has 0 spiro atoms. The van der Waals surface area contributed by atoms with E-state index in [4.69, 9.17) is 0 Å². The smallest absolute Gasteiger partial charge is 0.0636 e. The summed E-state index contributed by atoms with van der Waals surface area (Å²) in [6.07, 6.45) is 1.75. The molecular weight excluding hydrogens is 254 g/mol. The van der Waals surface area contributed by atoms with Gasteiger partial charge in [0.25, 0.3) is 0 Å². The van der Waals surface area contributed by atoms with E-state index in [2.05, 4.69) is 4.99 Å². The van der Waals surface area contributed by atoms with Gasteiger partial charge < -0.3 is 0 Å². The third-order valence-corrected chi connectivity index (χ3v) is 4.01. The molecule has 0 aliphatic rings. The van der Waals surface area contributed by atoms with Crippen LogP contribution in [-0.2, 0) is 17.3 Å². The Kier molecular flexibility index (Phi) is 5.04. The molecule has 0 saturated carbocycles. The fraction of sp³-hybridized carbons (Fsp3) is 0.188. The van der Waals surface area contributed by atoms with Crippen LogP contribution in [0.5, 0.6) is 0 Å². The Hall–Kier alpha value is -1.74. The number of nitrogens with zero attached hydrogens (tertiary/aromatic N) is 1. The van der Waals surface area contributed by atoms with E-state index >= 15 is 0 Å². The first kappa shape index (κ1) is 13.7. The van der Waals surface area contributed by atoms with E-state index in [0.29, 0.717) is 12.3 Å². The van der Waals surface area contributed by atoms with Crippen LogP contribution in [0.3, 0.4) is 0 Å². The minimum Gasteiger partial charge on any atom is -0.292 e. The first-order chi connectivity index (χ1) is 9.25. The lowest BCUT2D eigenvalue weighted by Gasteiger charge is -1.99. The van der Waals surface area contributed by atoms with Crippen LogP contribution in [0.15, 0.2) is 64.5 Å². The van der Waals surface area contributed by atoms with Crippen LogP contribution in [0, 0.1) is 6.92 Å². The summed E-state index contributed by atoms with van der Waals surface area (Å²) in [4.78, 5) is 5.16. The van der Waals surface area contributed by atoms with Gasteiger partial charge in [-0.3, -0.25) is 9.20 Å². The predicted octanol–water partition coefficient (Wildman–Crippen LogP) is 3.37. The zero-order chi connectivity index (χ0) is 13.5. The van der Waals surface area contributed by atoms with Crippen LogP contribution in [0.4, 0.5) is 0 Å². The molecule has 1 atom stereocenters.